The third-order valence-corrected chi connectivity index (χ3v) is 4.22. The Balaban J connectivity index is 2.02. The van der Waals surface area contributed by atoms with Crippen LogP contribution in [0.2, 0.25) is 0 Å². The van der Waals surface area contributed by atoms with Crippen molar-refractivity contribution in [2.24, 2.45) is 0 Å². The highest BCUT2D eigenvalue weighted by molar-refractivity contribution is 5.29. The van der Waals surface area contributed by atoms with Crippen LogP contribution in [0.25, 0.3) is 0 Å². The van der Waals surface area contributed by atoms with E-state index < -0.39 is 17.3 Å². The van der Waals surface area contributed by atoms with Crippen LogP contribution in [0.4, 0.5) is 13.2 Å². The highest BCUT2D eigenvalue weighted by atomic mass is 19.4. The van der Waals surface area contributed by atoms with Crippen molar-refractivity contribution in [2.45, 2.75) is 18.7 Å². The summed E-state index contributed by atoms with van der Waals surface area (Å²) in [4.78, 5) is 4.16. The quantitative estimate of drug-likeness (QED) is 0.858. The van der Waals surface area contributed by atoms with Crippen LogP contribution in [0.15, 0.2) is 24.3 Å². The zero-order chi connectivity index (χ0) is 17.1. The molecule has 0 bridgehead atoms. The summed E-state index contributed by atoms with van der Waals surface area (Å²) in [6.45, 7) is 5.55. The molecule has 1 aromatic rings. The molecule has 0 unspecified atom stereocenters. The van der Waals surface area contributed by atoms with Crippen molar-refractivity contribution in [3.05, 3.63) is 35.4 Å². The van der Waals surface area contributed by atoms with E-state index in [1.165, 1.54) is 12.1 Å². The minimum atomic E-state index is -4.41. The molecule has 2 rings (SSSR count). The normalized spacial score (nSPS) is 20.4. The lowest BCUT2D eigenvalue weighted by atomic mass is 9.93. The summed E-state index contributed by atoms with van der Waals surface area (Å²) in [6, 6.07) is 4.87. The Morgan fingerprint density at radius 2 is 1.61 bits per heavy atom. The predicted octanol–water partition coefficient (Wildman–Crippen LogP) is 1.52. The van der Waals surface area contributed by atoms with Crippen LogP contribution in [0.5, 0.6) is 0 Å². The van der Waals surface area contributed by atoms with E-state index in [1.807, 2.05) is 4.90 Å². The van der Waals surface area contributed by atoms with Gasteiger partial charge in [-0.25, -0.2) is 0 Å². The number of aliphatic hydroxyl groups is 2. The number of rotatable bonds is 5. The molecule has 0 aromatic heterocycles. The average Bonchev–Trinajstić information content (AvgIpc) is 2.49. The molecule has 1 heterocycles. The molecular weight excluding hydrogens is 309 g/mol. The van der Waals surface area contributed by atoms with E-state index in [0.29, 0.717) is 6.54 Å². The number of nitrogens with zero attached hydrogens (tertiary/aromatic N) is 2. The van der Waals surface area contributed by atoms with Gasteiger partial charge in [-0.2, -0.15) is 13.2 Å². The number of aliphatic hydroxyl groups excluding tert-OH is 1. The van der Waals surface area contributed by atoms with Gasteiger partial charge in [-0.1, -0.05) is 12.1 Å². The molecule has 2 N–H and O–H groups in total. The fourth-order valence-corrected chi connectivity index (χ4v) is 2.87. The lowest BCUT2D eigenvalue weighted by Gasteiger charge is -2.38. The fourth-order valence-electron chi connectivity index (χ4n) is 2.87. The van der Waals surface area contributed by atoms with Gasteiger partial charge in [0.15, 0.2) is 0 Å². The van der Waals surface area contributed by atoms with Crippen molar-refractivity contribution in [3.63, 3.8) is 0 Å². The number of hydrogen-bond acceptors (Lipinski definition) is 4. The van der Waals surface area contributed by atoms with Crippen molar-refractivity contribution in [3.8, 4) is 0 Å². The minimum Gasteiger partial charge on any atom is -0.395 e. The number of alkyl halides is 3. The minimum absolute atomic E-state index is 0.113. The maximum atomic E-state index is 12.8. The SMILES string of the molecule is C[C@](O)(CN1CCN(CCO)CC1)c1cccc(C(F)(F)F)c1. The molecule has 0 spiro atoms. The summed E-state index contributed by atoms with van der Waals surface area (Å²) in [5, 5.41) is 19.6. The first kappa shape index (κ1) is 18.2. The van der Waals surface area contributed by atoms with Crippen LogP contribution >= 0.6 is 0 Å². The molecule has 1 aliphatic rings. The van der Waals surface area contributed by atoms with Gasteiger partial charge >= 0.3 is 6.18 Å². The summed E-state index contributed by atoms with van der Waals surface area (Å²) >= 11 is 0. The lowest BCUT2D eigenvalue weighted by molar-refractivity contribution is -0.137. The first-order chi connectivity index (χ1) is 10.7. The van der Waals surface area contributed by atoms with Gasteiger partial charge < -0.3 is 10.2 Å². The lowest BCUT2D eigenvalue weighted by Crippen LogP contribution is -2.50. The summed E-state index contributed by atoms with van der Waals surface area (Å²) < 4.78 is 38.4. The number of β-amino-alcohol motifs (C(OH)–C–C–N with tert-alkyl or cyclic N) is 2. The Morgan fingerprint density at radius 3 is 2.17 bits per heavy atom. The van der Waals surface area contributed by atoms with Crippen LogP contribution in [-0.2, 0) is 11.8 Å². The summed E-state index contributed by atoms with van der Waals surface area (Å²) in [5.41, 5.74) is -1.83. The van der Waals surface area contributed by atoms with Crippen LogP contribution < -0.4 is 0 Å². The largest absolute Gasteiger partial charge is 0.416 e. The van der Waals surface area contributed by atoms with Crippen molar-refractivity contribution in [2.75, 3.05) is 45.9 Å². The molecule has 130 valence electrons. The molecule has 0 saturated carbocycles. The molecule has 0 radical (unpaired) electrons. The average molecular weight is 332 g/mol. The summed E-state index contributed by atoms with van der Waals surface area (Å²) in [5.74, 6) is 0. The predicted molar refractivity (Wildman–Crippen MR) is 81.0 cm³/mol. The number of hydrogen-bond donors (Lipinski definition) is 2. The van der Waals surface area contributed by atoms with Gasteiger partial charge in [0, 0.05) is 39.3 Å². The van der Waals surface area contributed by atoms with E-state index in [2.05, 4.69) is 4.90 Å². The Morgan fingerprint density at radius 1 is 1.04 bits per heavy atom. The first-order valence-electron chi connectivity index (χ1n) is 7.68. The number of piperazine rings is 1. The second kappa shape index (κ2) is 7.17. The van der Waals surface area contributed by atoms with Crippen LogP contribution in [0, 0.1) is 0 Å². The third kappa shape index (κ3) is 4.91. The van der Waals surface area contributed by atoms with Gasteiger partial charge in [0.2, 0.25) is 0 Å². The highest BCUT2D eigenvalue weighted by Gasteiger charge is 2.33. The van der Waals surface area contributed by atoms with Crippen LogP contribution in [-0.4, -0.2) is 65.9 Å². The Bertz CT molecular complexity index is 512. The number of benzene rings is 1. The molecule has 0 aliphatic carbocycles. The van der Waals surface area contributed by atoms with Crippen LogP contribution in [0.3, 0.4) is 0 Å². The van der Waals surface area contributed by atoms with E-state index in [-0.39, 0.29) is 18.7 Å². The zero-order valence-electron chi connectivity index (χ0n) is 13.2. The van der Waals surface area contributed by atoms with Crippen molar-refractivity contribution in [1.29, 1.82) is 0 Å². The molecular formula is C16H23F3N2O2. The van der Waals surface area contributed by atoms with E-state index in [4.69, 9.17) is 5.11 Å². The fraction of sp³-hybridized carbons (Fsp3) is 0.625. The molecule has 1 fully saturated rings. The Kier molecular flexibility index (Phi) is 5.67. The van der Waals surface area contributed by atoms with Crippen molar-refractivity contribution in [1.82, 2.24) is 9.80 Å². The third-order valence-electron chi connectivity index (χ3n) is 4.22. The molecule has 1 aliphatic heterocycles. The van der Waals surface area contributed by atoms with Gasteiger partial charge in [-0.15, -0.1) is 0 Å². The van der Waals surface area contributed by atoms with E-state index in [0.717, 1.165) is 38.3 Å². The van der Waals surface area contributed by atoms with Crippen molar-refractivity contribution < 1.29 is 23.4 Å². The summed E-state index contributed by atoms with van der Waals surface area (Å²) in [7, 11) is 0. The monoisotopic (exact) mass is 332 g/mol. The highest BCUT2D eigenvalue weighted by Crippen LogP contribution is 2.32. The summed E-state index contributed by atoms with van der Waals surface area (Å²) in [6.07, 6.45) is -4.41. The Labute approximate surface area is 134 Å². The topological polar surface area (TPSA) is 46.9 Å². The van der Waals surface area contributed by atoms with Gasteiger partial charge in [0.25, 0.3) is 0 Å². The maximum absolute atomic E-state index is 12.8. The van der Waals surface area contributed by atoms with Gasteiger partial charge in [-0.05, 0) is 24.6 Å². The molecule has 0 amide bonds. The van der Waals surface area contributed by atoms with Gasteiger partial charge in [0.05, 0.1) is 17.8 Å². The molecule has 1 aromatic carbocycles. The van der Waals surface area contributed by atoms with E-state index in [9.17, 15) is 18.3 Å². The standard InChI is InChI=1S/C16H23F3N2O2/c1-15(23,12-21-7-5-20(6-8-21)9-10-22)13-3-2-4-14(11-13)16(17,18)19/h2-4,11,22-23H,5-10,12H2,1H3/t15-/m0/s1. The Hall–Kier alpha value is -1.15. The molecule has 4 nitrogen and oxygen atoms in total. The zero-order valence-corrected chi connectivity index (χ0v) is 13.2. The van der Waals surface area contributed by atoms with E-state index in [1.54, 1.807) is 6.92 Å². The molecule has 23 heavy (non-hydrogen) atoms. The van der Waals surface area contributed by atoms with E-state index >= 15 is 0 Å². The maximum Gasteiger partial charge on any atom is 0.416 e. The molecule has 1 saturated heterocycles. The first-order valence-corrected chi connectivity index (χ1v) is 7.68. The van der Waals surface area contributed by atoms with Crippen LogP contribution in [0.1, 0.15) is 18.1 Å². The second-order valence-corrected chi connectivity index (χ2v) is 6.19. The second-order valence-electron chi connectivity index (χ2n) is 6.19. The smallest absolute Gasteiger partial charge is 0.395 e. The van der Waals surface area contributed by atoms with Crippen molar-refractivity contribution >= 4 is 0 Å². The molecule has 1 atom stereocenters. The van der Waals surface area contributed by atoms with Gasteiger partial charge in [0.1, 0.15) is 0 Å². The van der Waals surface area contributed by atoms with Gasteiger partial charge in [-0.3, -0.25) is 9.80 Å². The number of halogens is 3. The molecule has 7 heteroatoms.